The van der Waals surface area contributed by atoms with E-state index in [0.717, 1.165) is 19.3 Å². The molecule has 0 aliphatic rings. The number of carboxylic acids is 2. The number of carbonyl (C=O) groups excluding carboxylic acids is 1. The molecule has 32 heavy (non-hydrogen) atoms. The summed E-state index contributed by atoms with van der Waals surface area (Å²) < 4.78 is 5.39. The van der Waals surface area contributed by atoms with Gasteiger partial charge in [0.15, 0.2) is 6.10 Å². The zero-order chi connectivity index (χ0) is 22.9. The molecule has 0 fully saturated rings. The second kappa shape index (κ2) is 23.1. The summed E-state index contributed by atoms with van der Waals surface area (Å²) in [4.78, 5) is 35.9. The van der Waals surface area contributed by atoms with Gasteiger partial charge in [-0.05, 0) is 27.2 Å². The number of amides is 1. The van der Waals surface area contributed by atoms with Crippen LogP contribution in [0.25, 0.3) is 0 Å². The average Bonchev–Trinajstić information content (AvgIpc) is 2.69. The molecule has 1 amide bonds. The van der Waals surface area contributed by atoms with Gasteiger partial charge >= 0.3 is 71.1 Å². The van der Waals surface area contributed by atoms with Crippen molar-refractivity contribution in [1.82, 2.24) is 10.2 Å². The molecule has 0 saturated heterocycles. The van der Waals surface area contributed by atoms with Crippen molar-refractivity contribution in [2.24, 2.45) is 0 Å². The predicted molar refractivity (Wildman–Crippen MR) is 131 cm³/mol. The molecule has 180 valence electrons. The molecule has 10 heteroatoms. The van der Waals surface area contributed by atoms with Gasteiger partial charge in [-0.15, -0.1) is 0 Å². The quantitative estimate of drug-likeness (QED) is 0.148. The monoisotopic (exact) mass is 478 g/mol. The van der Waals surface area contributed by atoms with E-state index in [1.54, 1.807) is 6.92 Å². The molecule has 0 heterocycles. The Morgan fingerprint density at radius 2 is 1.34 bits per heavy atom. The van der Waals surface area contributed by atoms with Crippen molar-refractivity contribution in [2.75, 3.05) is 13.1 Å². The summed E-state index contributed by atoms with van der Waals surface area (Å²) in [5, 5.41) is 21.1. The van der Waals surface area contributed by atoms with Gasteiger partial charge in [0.25, 0.3) is 0 Å². The van der Waals surface area contributed by atoms with E-state index >= 15 is 0 Å². The third kappa shape index (κ3) is 18.7. The van der Waals surface area contributed by atoms with Gasteiger partial charge in [0, 0.05) is 19.5 Å². The molecule has 0 rings (SSSR count). The first-order valence-electron chi connectivity index (χ1n) is 11.3. The van der Waals surface area contributed by atoms with Crippen LogP contribution >= 0.6 is 0 Å². The van der Waals surface area contributed by atoms with E-state index in [4.69, 9.17) is 9.84 Å². The fourth-order valence-corrected chi connectivity index (χ4v) is 3.27. The number of nitrogens with zero attached hydrogens (tertiary/aromatic N) is 1. The van der Waals surface area contributed by atoms with E-state index in [1.807, 2.05) is 0 Å². The van der Waals surface area contributed by atoms with Gasteiger partial charge in [-0.2, -0.15) is 0 Å². The molecule has 0 aliphatic carbocycles. The topological polar surface area (TPSA) is 116 Å². The fraction of sp³-hybridized carbons (Fsp3) is 0.864. The second-order valence-corrected chi connectivity index (χ2v) is 7.90. The van der Waals surface area contributed by atoms with E-state index in [0.29, 0.717) is 6.42 Å². The van der Waals surface area contributed by atoms with Crippen molar-refractivity contribution in [2.45, 2.75) is 110 Å². The summed E-state index contributed by atoms with van der Waals surface area (Å²) in [6.45, 7) is 7.27. The van der Waals surface area contributed by atoms with Crippen LogP contribution in [-0.2, 0) is 19.1 Å². The number of carboxylic acid groups (broad SMARTS) is 2. The standard InChI is InChI=1S/C22H42N2O6.2Na.2H/c1-5-6-7-8-9-10-11-12-13-14-20(25)23-15-16-24(17(2)21(26)27)19(4)30-18(3)22(28)29;;;;/h17-19H,5-16H2,1-4H3,(H,23,25)(H,26,27)(H,28,29);;;;. The molecule has 0 aliphatic heterocycles. The Balaban J connectivity index is -0.00000420. The molecule has 3 N–H and O–H groups in total. The van der Waals surface area contributed by atoms with E-state index in [-0.39, 0.29) is 78.1 Å². The van der Waals surface area contributed by atoms with Gasteiger partial charge in [-0.25, -0.2) is 4.79 Å². The van der Waals surface area contributed by atoms with Gasteiger partial charge in [0.2, 0.25) is 5.91 Å². The number of unbranched alkanes of at least 4 members (excludes halogenated alkanes) is 8. The number of carbonyl (C=O) groups is 3. The summed E-state index contributed by atoms with van der Waals surface area (Å²) in [6, 6.07) is -0.866. The maximum absolute atomic E-state index is 12.0. The Hall–Kier alpha value is 0.330. The first-order valence-corrected chi connectivity index (χ1v) is 11.3. The van der Waals surface area contributed by atoms with Crippen LogP contribution in [0, 0.1) is 0 Å². The molecule has 0 spiro atoms. The molecule has 3 atom stereocenters. The predicted octanol–water partition coefficient (Wildman–Crippen LogP) is 2.34. The Morgan fingerprint density at radius 3 is 1.81 bits per heavy atom. The van der Waals surface area contributed by atoms with Gasteiger partial charge in [-0.3, -0.25) is 14.5 Å². The Kier molecular flexibility index (Phi) is 26.6. The molecule has 0 aromatic carbocycles. The summed E-state index contributed by atoms with van der Waals surface area (Å²) >= 11 is 0. The van der Waals surface area contributed by atoms with Crippen LogP contribution < -0.4 is 5.32 Å². The van der Waals surface area contributed by atoms with Crippen LogP contribution in [-0.4, -0.2) is 124 Å². The van der Waals surface area contributed by atoms with Crippen molar-refractivity contribution in [3.8, 4) is 0 Å². The number of ether oxygens (including phenoxy) is 1. The molecular formula is C22H44N2Na2O6. The Labute approximate surface area is 238 Å². The molecular weight excluding hydrogens is 434 g/mol. The number of aliphatic carboxylic acids is 2. The molecule has 3 unspecified atom stereocenters. The van der Waals surface area contributed by atoms with Crippen LogP contribution in [0.3, 0.4) is 0 Å². The van der Waals surface area contributed by atoms with Crippen LogP contribution in [0.5, 0.6) is 0 Å². The van der Waals surface area contributed by atoms with Gasteiger partial charge in [-0.1, -0.05) is 58.3 Å². The third-order valence-electron chi connectivity index (χ3n) is 5.27. The van der Waals surface area contributed by atoms with Gasteiger partial charge in [0.05, 0.1) is 0 Å². The number of rotatable bonds is 19. The SMILES string of the molecule is CCCCCCCCCCCC(=O)NCCN(C(C)OC(C)C(=O)O)C(C)C(=O)O.[NaH].[NaH]. The Morgan fingerprint density at radius 1 is 0.844 bits per heavy atom. The van der Waals surface area contributed by atoms with Gasteiger partial charge in [0.1, 0.15) is 12.3 Å². The van der Waals surface area contributed by atoms with E-state index in [1.165, 1.54) is 57.3 Å². The van der Waals surface area contributed by atoms with Crippen molar-refractivity contribution in [3.63, 3.8) is 0 Å². The van der Waals surface area contributed by atoms with E-state index in [9.17, 15) is 19.5 Å². The maximum atomic E-state index is 12.0. The van der Waals surface area contributed by atoms with Crippen LogP contribution in [0.1, 0.15) is 91.9 Å². The second-order valence-electron chi connectivity index (χ2n) is 7.90. The summed E-state index contributed by atoms with van der Waals surface area (Å²) in [7, 11) is 0. The van der Waals surface area contributed by atoms with Crippen molar-refractivity contribution in [1.29, 1.82) is 0 Å². The van der Waals surface area contributed by atoms with Gasteiger partial charge < -0.3 is 20.3 Å². The van der Waals surface area contributed by atoms with E-state index in [2.05, 4.69) is 12.2 Å². The van der Waals surface area contributed by atoms with Crippen LogP contribution in [0.15, 0.2) is 0 Å². The first-order chi connectivity index (χ1) is 14.2. The van der Waals surface area contributed by atoms with Crippen molar-refractivity contribution < 1.29 is 29.3 Å². The zero-order valence-corrected chi connectivity index (χ0v) is 19.2. The van der Waals surface area contributed by atoms with Crippen molar-refractivity contribution in [3.05, 3.63) is 0 Å². The molecule has 0 radical (unpaired) electrons. The third-order valence-corrected chi connectivity index (χ3v) is 5.27. The van der Waals surface area contributed by atoms with Crippen LogP contribution in [0.4, 0.5) is 0 Å². The number of hydrogen-bond donors (Lipinski definition) is 3. The summed E-state index contributed by atoms with van der Waals surface area (Å²) in [5.74, 6) is -2.19. The molecule has 0 bridgehead atoms. The zero-order valence-electron chi connectivity index (χ0n) is 19.2. The first kappa shape index (κ1) is 36.9. The molecule has 8 nitrogen and oxygen atoms in total. The Bertz CT molecular complexity index is 511. The molecule has 0 aromatic heterocycles. The minimum atomic E-state index is -1.11. The fourth-order valence-electron chi connectivity index (χ4n) is 3.27. The van der Waals surface area contributed by atoms with E-state index < -0.39 is 30.3 Å². The normalized spacial score (nSPS) is 13.4. The minimum absolute atomic E-state index is 0. The summed E-state index contributed by atoms with van der Waals surface area (Å²) in [5.41, 5.74) is 0. The van der Waals surface area contributed by atoms with Crippen LogP contribution in [0.2, 0.25) is 0 Å². The molecule has 0 saturated carbocycles. The molecule has 0 aromatic rings. The van der Waals surface area contributed by atoms with Crippen molar-refractivity contribution >= 4 is 77.0 Å². The number of hydrogen-bond acceptors (Lipinski definition) is 5. The number of nitrogens with one attached hydrogen (secondary N) is 1. The average molecular weight is 479 g/mol. The summed E-state index contributed by atoms with van der Waals surface area (Å²) in [6.07, 6.45) is 9.43.